The maximum Gasteiger partial charge on any atom is 0.113 e. The van der Waals surface area contributed by atoms with Gasteiger partial charge in [-0.05, 0) is 154 Å². The van der Waals surface area contributed by atoms with Gasteiger partial charge in [-0.25, -0.2) is 0 Å². The molecule has 13 aromatic rings. The lowest BCUT2D eigenvalue weighted by Crippen LogP contribution is -2.49. The van der Waals surface area contributed by atoms with Crippen LogP contribution in [0.3, 0.4) is 0 Å². The maximum absolute atomic E-state index is 2.62. The minimum atomic E-state index is -2.03. The van der Waals surface area contributed by atoms with Crippen molar-refractivity contribution in [3.05, 3.63) is 231 Å². The molecule has 0 saturated carbocycles. The van der Waals surface area contributed by atoms with Crippen molar-refractivity contribution in [2.24, 2.45) is 0 Å². The lowest BCUT2D eigenvalue weighted by Gasteiger charge is -2.23. The second kappa shape index (κ2) is 14.4. The maximum atomic E-state index is 2.62. The molecule has 13 aromatic carbocycles. The molecule has 14 rings (SSSR count). The summed E-state index contributed by atoms with van der Waals surface area (Å²) in [5.74, 6) is 0. The van der Waals surface area contributed by atoms with Crippen molar-refractivity contribution in [1.82, 2.24) is 0 Å². The highest BCUT2D eigenvalue weighted by Gasteiger charge is 2.38. The summed E-state index contributed by atoms with van der Waals surface area (Å²) in [6.07, 6.45) is 0. The Bertz CT molecular complexity index is 4080. The lowest BCUT2D eigenvalue weighted by atomic mass is 9.82. The Labute approximate surface area is 391 Å². The van der Waals surface area contributed by atoms with Gasteiger partial charge in [0.2, 0.25) is 0 Å². The summed E-state index contributed by atoms with van der Waals surface area (Å²) in [6.45, 7) is 5.08. The van der Waals surface area contributed by atoms with E-state index in [1.807, 2.05) is 0 Å². The first kappa shape index (κ1) is 38.2. The van der Waals surface area contributed by atoms with Crippen LogP contribution in [-0.4, -0.2) is 8.07 Å². The first-order valence-electron chi connectivity index (χ1n) is 23.6. The van der Waals surface area contributed by atoms with Crippen molar-refractivity contribution >= 4 is 83.1 Å². The average Bonchev–Trinajstić information content (AvgIpc) is 3.61. The summed E-state index contributed by atoms with van der Waals surface area (Å²) in [5, 5.41) is 18.7. The fourth-order valence-electron chi connectivity index (χ4n) is 12.0. The Morgan fingerprint density at radius 1 is 0.239 bits per heavy atom. The van der Waals surface area contributed by atoms with Crippen molar-refractivity contribution in [3.8, 4) is 66.8 Å². The zero-order valence-corrected chi connectivity index (χ0v) is 38.4. The van der Waals surface area contributed by atoms with Crippen LogP contribution < -0.4 is 10.4 Å². The number of hydrogen-bond acceptors (Lipinski definition) is 0. The molecule has 0 aromatic heterocycles. The largest absolute Gasteiger partial charge is 0.113 e. The van der Waals surface area contributed by atoms with E-state index in [0.717, 1.165) is 0 Å². The second-order valence-corrected chi connectivity index (χ2v) is 23.4. The van der Waals surface area contributed by atoms with E-state index < -0.39 is 8.07 Å². The van der Waals surface area contributed by atoms with Crippen molar-refractivity contribution in [2.75, 3.05) is 0 Å². The van der Waals surface area contributed by atoms with Gasteiger partial charge in [-0.2, -0.15) is 0 Å². The Hall–Kier alpha value is -8.10. The van der Waals surface area contributed by atoms with Crippen LogP contribution in [0.5, 0.6) is 0 Å². The van der Waals surface area contributed by atoms with Gasteiger partial charge >= 0.3 is 0 Å². The van der Waals surface area contributed by atoms with Crippen LogP contribution in [0.15, 0.2) is 231 Å². The number of fused-ring (bicyclic) bond motifs is 7. The third kappa shape index (κ3) is 5.65. The quantitative estimate of drug-likeness (QED) is 0.0919. The van der Waals surface area contributed by atoms with E-state index in [0.29, 0.717) is 0 Å². The first-order valence-corrected chi connectivity index (χ1v) is 26.6. The highest BCUT2D eigenvalue weighted by atomic mass is 28.3. The summed E-state index contributed by atoms with van der Waals surface area (Å²) in [5.41, 5.74) is 15.2. The Balaban J connectivity index is 1.09. The fraction of sp³-hybridized carbons (Fsp3) is 0.0303. The topological polar surface area (TPSA) is 0 Å². The van der Waals surface area contributed by atoms with Crippen molar-refractivity contribution in [3.63, 3.8) is 0 Å². The van der Waals surface area contributed by atoms with Gasteiger partial charge in [0, 0.05) is 0 Å². The number of hydrogen-bond donors (Lipinski definition) is 0. The number of benzene rings is 13. The molecule has 0 bridgehead atoms. The standard InChI is InChI=1S/C66H44Si/c1-67(2)61-25-10-9-20-50(61)57-39-59-60(40-62(57)67)65(47-32-28-44(29-33-47)42-16-7-4-8-17-42)58-38-48(34-35-56(58)64(59)46-30-26-43(27-31-46)41-14-5-3-6-15-41)49-36-37-55-53-22-12-19-45-18-11-21-52(63(45)53)54-24-13-23-51(49)66(54)55/h3-40H,1-2H3. The van der Waals surface area contributed by atoms with Crippen molar-refractivity contribution in [1.29, 1.82) is 0 Å². The van der Waals surface area contributed by atoms with Gasteiger partial charge in [0.25, 0.3) is 0 Å². The van der Waals surface area contributed by atoms with Crippen molar-refractivity contribution in [2.45, 2.75) is 13.1 Å². The van der Waals surface area contributed by atoms with Crippen LogP contribution in [0.4, 0.5) is 0 Å². The molecule has 1 aliphatic heterocycles. The second-order valence-electron chi connectivity index (χ2n) is 19.1. The van der Waals surface area contributed by atoms with E-state index >= 15 is 0 Å². The predicted octanol–water partition coefficient (Wildman–Crippen LogP) is 17.2. The van der Waals surface area contributed by atoms with Crippen molar-refractivity contribution < 1.29 is 0 Å². The molecule has 0 saturated heterocycles. The molecule has 0 spiro atoms. The molecule has 0 nitrogen and oxygen atoms in total. The Morgan fingerprint density at radius 3 is 1.36 bits per heavy atom. The minimum Gasteiger partial charge on any atom is -0.0623 e. The lowest BCUT2D eigenvalue weighted by molar-refractivity contribution is 1.60. The molecule has 0 aliphatic carbocycles. The molecule has 1 heterocycles. The van der Waals surface area contributed by atoms with E-state index in [-0.39, 0.29) is 0 Å². The van der Waals surface area contributed by atoms with Crippen LogP contribution in [0.25, 0.3) is 131 Å². The first-order chi connectivity index (χ1) is 33.0. The highest BCUT2D eigenvalue weighted by Crippen LogP contribution is 2.49. The summed E-state index contributed by atoms with van der Waals surface area (Å²) in [6, 6.07) is 87.1. The summed E-state index contributed by atoms with van der Waals surface area (Å²) in [7, 11) is -2.03. The molecular formula is C66H44Si. The van der Waals surface area contributed by atoms with Gasteiger partial charge in [-0.3, -0.25) is 0 Å². The third-order valence-electron chi connectivity index (χ3n) is 15.2. The van der Waals surface area contributed by atoms with Crippen LogP contribution >= 0.6 is 0 Å². The number of rotatable bonds is 5. The van der Waals surface area contributed by atoms with Gasteiger partial charge in [-0.1, -0.05) is 231 Å². The summed E-state index contributed by atoms with van der Waals surface area (Å²) >= 11 is 0. The average molecular weight is 865 g/mol. The SMILES string of the molecule is C[Si]1(C)c2ccccc2-c2cc3c(-c4ccc(-c5ccccc5)cc4)c4ccc(-c5ccc6c7cccc8cccc(c9cccc5c96)c87)cc4c(-c4ccc(-c5ccccc5)cc4)c3cc21. The molecule has 0 unspecified atom stereocenters. The van der Waals surface area contributed by atoms with Crippen LogP contribution in [0.1, 0.15) is 0 Å². The van der Waals surface area contributed by atoms with Gasteiger partial charge in [0.15, 0.2) is 0 Å². The zero-order chi connectivity index (χ0) is 44.4. The fourth-order valence-corrected chi connectivity index (χ4v) is 15.1. The van der Waals surface area contributed by atoms with E-state index in [2.05, 4.69) is 244 Å². The van der Waals surface area contributed by atoms with Crippen LogP contribution in [-0.2, 0) is 0 Å². The molecular weight excluding hydrogens is 821 g/mol. The van der Waals surface area contributed by atoms with E-state index in [9.17, 15) is 0 Å². The zero-order valence-electron chi connectivity index (χ0n) is 37.4. The molecule has 1 aliphatic rings. The molecule has 312 valence electrons. The third-order valence-corrected chi connectivity index (χ3v) is 18.8. The summed E-state index contributed by atoms with van der Waals surface area (Å²) < 4.78 is 0. The smallest absolute Gasteiger partial charge is 0.0623 e. The molecule has 0 amide bonds. The van der Waals surface area contributed by atoms with E-state index in [4.69, 9.17) is 0 Å². The van der Waals surface area contributed by atoms with Crippen LogP contribution in [0, 0.1) is 0 Å². The highest BCUT2D eigenvalue weighted by molar-refractivity contribution is 7.04. The minimum absolute atomic E-state index is 1.22. The van der Waals surface area contributed by atoms with Gasteiger partial charge < -0.3 is 0 Å². The molecule has 0 fully saturated rings. The predicted molar refractivity (Wildman–Crippen MR) is 292 cm³/mol. The Kier molecular flexibility index (Phi) is 8.24. The van der Waals surface area contributed by atoms with E-state index in [1.165, 1.54) is 142 Å². The molecule has 1 heteroatoms. The van der Waals surface area contributed by atoms with Gasteiger partial charge in [0.1, 0.15) is 8.07 Å². The summed E-state index contributed by atoms with van der Waals surface area (Å²) in [4.78, 5) is 0. The molecule has 0 radical (unpaired) electrons. The Morgan fingerprint density at radius 2 is 0.701 bits per heavy atom. The van der Waals surface area contributed by atoms with Gasteiger partial charge in [-0.15, -0.1) is 0 Å². The molecule has 67 heavy (non-hydrogen) atoms. The molecule has 0 atom stereocenters. The normalized spacial score (nSPS) is 13.0. The van der Waals surface area contributed by atoms with Gasteiger partial charge in [0.05, 0.1) is 0 Å². The van der Waals surface area contributed by atoms with Crippen LogP contribution in [0.2, 0.25) is 13.1 Å². The van der Waals surface area contributed by atoms with E-state index in [1.54, 1.807) is 0 Å². The monoisotopic (exact) mass is 864 g/mol. The molecule has 0 N–H and O–H groups in total.